The molecule has 1 aromatic rings. The molecule has 0 atom stereocenters. The minimum Gasteiger partial charge on any atom is -0.454 e. The van der Waals surface area contributed by atoms with Gasteiger partial charge < -0.3 is 4.74 Å². The second-order valence-electron chi connectivity index (χ2n) is 4.34. The van der Waals surface area contributed by atoms with E-state index in [1.54, 1.807) is 32.9 Å². The lowest BCUT2D eigenvalue weighted by Gasteiger charge is -2.08. The SMILES string of the molecule is Cc1cc(C#N)ccc1C(=O)OCC(=O)C(C)C. The van der Waals surface area contributed by atoms with Crippen LogP contribution in [-0.2, 0) is 9.53 Å². The van der Waals surface area contributed by atoms with Gasteiger partial charge in [-0.2, -0.15) is 5.26 Å². The van der Waals surface area contributed by atoms with E-state index in [9.17, 15) is 9.59 Å². The average molecular weight is 245 g/mol. The van der Waals surface area contributed by atoms with E-state index in [2.05, 4.69) is 0 Å². The summed E-state index contributed by atoms with van der Waals surface area (Å²) in [6.45, 7) is 5.02. The average Bonchev–Trinajstić information content (AvgIpc) is 2.34. The number of Topliss-reactive ketones (excluding diaryl/α,β-unsaturated/α-hetero) is 1. The van der Waals surface area contributed by atoms with Crippen molar-refractivity contribution in [2.24, 2.45) is 5.92 Å². The Morgan fingerprint density at radius 1 is 1.39 bits per heavy atom. The quantitative estimate of drug-likeness (QED) is 0.763. The number of carbonyl (C=O) groups excluding carboxylic acids is 2. The Labute approximate surface area is 106 Å². The molecular formula is C14H15NO3. The molecule has 94 valence electrons. The van der Waals surface area contributed by atoms with Crippen LogP contribution in [0.2, 0.25) is 0 Å². The van der Waals surface area contributed by atoms with Gasteiger partial charge in [0.1, 0.15) is 0 Å². The topological polar surface area (TPSA) is 67.2 Å². The molecule has 0 radical (unpaired) electrons. The van der Waals surface area contributed by atoms with Gasteiger partial charge in [0.05, 0.1) is 17.2 Å². The summed E-state index contributed by atoms with van der Waals surface area (Å²) in [7, 11) is 0. The number of nitrogens with zero attached hydrogens (tertiary/aromatic N) is 1. The number of benzene rings is 1. The van der Waals surface area contributed by atoms with Crippen molar-refractivity contribution in [1.82, 2.24) is 0 Å². The number of nitriles is 1. The molecule has 0 aliphatic rings. The molecule has 0 unspecified atom stereocenters. The van der Waals surface area contributed by atoms with Crippen LogP contribution in [0, 0.1) is 24.2 Å². The molecule has 0 heterocycles. The second kappa shape index (κ2) is 5.97. The van der Waals surface area contributed by atoms with E-state index in [0.717, 1.165) is 0 Å². The lowest BCUT2D eigenvalue weighted by molar-refractivity contribution is -0.125. The maximum atomic E-state index is 11.7. The fourth-order valence-electron chi connectivity index (χ4n) is 1.34. The largest absolute Gasteiger partial charge is 0.454 e. The van der Waals surface area contributed by atoms with Gasteiger partial charge in [0.15, 0.2) is 12.4 Å². The van der Waals surface area contributed by atoms with Crippen LogP contribution < -0.4 is 0 Å². The number of ketones is 1. The molecular weight excluding hydrogens is 230 g/mol. The van der Waals surface area contributed by atoms with Crippen LogP contribution in [0.25, 0.3) is 0 Å². The number of ether oxygens (including phenoxy) is 1. The molecule has 0 saturated heterocycles. The minimum atomic E-state index is -0.536. The van der Waals surface area contributed by atoms with Crippen molar-refractivity contribution in [2.75, 3.05) is 6.61 Å². The summed E-state index contributed by atoms with van der Waals surface area (Å²) in [5, 5.41) is 8.72. The fourth-order valence-corrected chi connectivity index (χ4v) is 1.34. The third kappa shape index (κ3) is 3.42. The summed E-state index contributed by atoms with van der Waals surface area (Å²) < 4.78 is 4.93. The summed E-state index contributed by atoms with van der Waals surface area (Å²) >= 11 is 0. The van der Waals surface area contributed by atoms with E-state index in [1.165, 1.54) is 6.07 Å². The predicted molar refractivity (Wildman–Crippen MR) is 66.0 cm³/mol. The van der Waals surface area contributed by atoms with Crippen LogP contribution in [0.3, 0.4) is 0 Å². The van der Waals surface area contributed by atoms with Crippen LogP contribution in [0.15, 0.2) is 18.2 Å². The highest BCUT2D eigenvalue weighted by atomic mass is 16.5. The van der Waals surface area contributed by atoms with Crippen LogP contribution in [0.4, 0.5) is 0 Å². The summed E-state index contributed by atoms with van der Waals surface area (Å²) in [4.78, 5) is 23.1. The molecule has 0 fully saturated rings. The smallest absolute Gasteiger partial charge is 0.338 e. The molecule has 0 N–H and O–H groups in total. The maximum Gasteiger partial charge on any atom is 0.338 e. The Morgan fingerprint density at radius 3 is 2.56 bits per heavy atom. The third-order valence-corrected chi connectivity index (χ3v) is 2.56. The fraction of sp³-hybridized carbons (Fsp3) is 0.357. The van der Waals surface area contributed by atoms with Crippen molar-refractivity contribution in [3.05, 3.63) is 34.9 Å². The third-order valence-electron chi connectivity index (χ3n) is 2.56. The molecule has 0 aliphatic heterocycles. The zero-order valence-corrected chi connectivity index (χ0v) is 10.7. The standard InChI is InChI=1S/C14H15NO3/c1-9(2)13(16)8-18-14(17)12-5-4-11(7-15)6-10(12)3/h4-6,9H,8H2,1-3H3. The van der Waals surface area contributed by atoms with Crippen LogP contribution >= 0.6 is 0 Å². The molecule has 18 heavy (non-hydrogen) atoms. The highest BCUT2D eigenvalue weighted by Gasteiger charge is 2.14. The first-order valence-corrected chi connectivity index (χ1v) is 5.66. The Bertz CT molecular complexity index is 512. The number of hydrogen-bond acceptors (Lipinski definition) is 4. The van der Waals surface area contributed by atoms with Gasteiger partial charge in [0, 0.05) is 5.92 Å². The number of aryl methyl sites for hydroxylation is 1. The lowest BCUT2D eigenvalue weighted by Crippen LogP contribution is -2.18. The monoisotopic (exact) mass is 245 g/mol. The van der Waals surface area contributed by atoms with E-state index >= 15 is 0 Å². The van der Waals surface area contributed by atoms with E-state index in [4.69, 9.17) is 10.00 Å². The summed E-state index contributed by atoms with van der Waals surface area (Å²) in [6.07, 6.45) is 0. The molecule has 4 heteroatoms. The minimum absolute atomic E-state index is 0.116. The predicted octanol–water partition coefficient (Wildman–Crippen LogP) is 2.25. The molecule has 1 rings (SSSR count). The van der Waals surface area contributed by atoms with Gasteiger partial charge in [-0.25, -0.2) is 4.79 Å². The van der Waals surface area contributed by atoms with Crippen molar-refractivity contribution >= 4 is 11.8 Å². The molecule has 0 aliphatic carbocycles. The van der Waals surface area contributed by atoms with Gasteiger partial charge in [-0.1, -0.05) is 13.8 Å². The van der Waals surface area contributed by atoms with Crippen LogP contribution in [-0.4, -0.2) is 18.4 Å². The summed E-state index contributed by atoms with van der Waals surface area (Å²) in [6, 6.07) is 6.69. The molecule has 1 aromatic carbocycles. The maximum absolute atomic E-state index is 11.7. The number of hydrogen-bond donors (Lipinski definition) is 0. The summed E-state index contributed by atoms with van der Waals surface area (Å²) in [5.41, 5.74) is 1.53. The Morgan fingerprint density at radius 2 is 2.06 bits per heavy atom. The summed E-state index contributed by atoms with van der Waals surface area (Å²) in [5.74, 6) is -0.805. The first-order chi connectivity index (χ1) is 8.45. The highest BCUT2D eigenvalue weighted by molar-refractivity contribution is 5.93. The number of esters is 1. The van der Waals surface area contributed by atoms with E-state index < -0.39 is 5.97 Å². The van der Waals surface area contributed by atoms with Crippen molar-refractivity contribution in [3.63, 3.8) is 0 Å². The second-order valence-corrected chi connectivity index (χ2v) is 4.34. The van der Waals surface area contributed by atoms with Crippen molar-refractivity contribution in [2.45, 2.75) is 20.8 Å². The zero-order valence-electron chi connectivity index (χ0n) is 10.7. The molecule has 0 amide bonds. The number of rotatable bonds is 4. The normalized spacial score (nSPS) is 9.94. The van der Waals surface area contributed by atoms with Gasteiger partial charge >= 0.3 is 5.97 Å². The zero-order chi connectivity index (χ0) is 13.7. The molecule has 0 spiro atoms. The first-order valence-electron chi connectivity index (χ1n) is 5.66. The van der Waals surface area contributed by atoms with E-state index in [-0.39, 0.29) is 18.3 Å². The van der Waals surface area contributed by atoms with Crippen LogP contribution in [0.5, 0.6) is 0 Å². The van der Waals surface area contributed by atoms with Gasteiger partial charge in [0.2, 0.25) is 0 Å². The van der Waals surface area contributed by atoms with Gasteiger partial charge in [0.25, 0.3) is 0 Å². The van der Waals surface area contributed by atoms with Gasteiger partial charge in [-0.15, -0.1) is 0 Å². The number of carbonyl (C=O) groups is 2. The van der Waals surface area contributed by atoms with E-state index in [1.807, 2.05) is 6.07 Å². The Hall–Kier alpha value is -2.15. The molecule has 0 bridgehead atoms. The Balaban J connectivity index is 2.74. The van der Waals surface area contributed by atoms with Gasteiger partial charge in [-0.3, -0.25) is 4.79 Å². The van der Waals surface area contributed by atoms with Crippen molar-refractivity contribution < 1.29 is 14.3 Å². The van der Waals surface area contributed by atoms with Crippen LogP contribution in [0.1, 0.15) is 35.3 Å². The molecule has 0 aromatic heterocycles. The first kappa shape index (κ1) is 13.9. The van der Waals surface area contributed by atoms with Crippen molar-refractivity contribution in [1.29, 1.82) is 5.26 Å². The highest BCUT2D eigenvalue weighted by Crippen LogP contribution is 2.12. The molecule has 4 nitrogen and oxygen atoms in total. The lowest BCUT2D eigenvalue weighted by atomic mass is 10.1. The van der Waals surface area contributed by atoms with E-state index in [0.29, 0.717) is 16.7 Å². The Kier molecular flexibility index (Phi) is 4.61. The molecule has 0 saturated carbocycles. The van der Waals surface area contributed by atoms with Gasteiger partial charge in [-0.05, 0) is 30.7 Å². The van der Waals surface area contributed by atoms with Crippen molar-refractivity contribution in [3.8, 4) is 6.07 Å².